The molecule has 2 heteroatoms. The molecule has 2 nitrogen and oxygen atoms in total. The molecule has 1 aliphatic carbocycles. The maximum absolute atomic E-state index is 3.63. The summed E-state index contributed by atoms with van der Waals surface area (Å²) in [4.78, 5) is 3.63. The van der Waals surface area contributed by atoms with Gasteiger partial charge < -0.3 is 10.3 Å². The van der Waals surface area contributed by atoms with Gasteiger partial charge in [-0.15, -0.1) is 0 Å². The normalized spacial score (nSPS) is 19.7. The number of benzene rings is 1. The lowest BCUT2D eigenvalue weighted by molar-refractivity contribution is 0.489. The topological polar surface area (TPSA) is 27.8 Å². The van der Waals surface area contributed by atoms with Crippen LogP contribution in [0.4, 0.5) is 0 Å². The number of fused-ring (bicyclic) bond motifs is 3. The van der Waals surface area contributed by atoms with Gasteiger partial charge in [-0.25, -0.2) is 0 Å². The molecule has 0 saturated carbocycles. The number of hydrogen-bond donors (Lipinski definition) is 2. The molecule has 102 valence electrons. The first-order valence-corrected chi connectivity index (χ1v) is 7.33. The van der Waals surface area contributed by atoms with Gasteiger partial charge >= 0.3 is 0 Å². The lowest BCUT2D eigenvalue weighted by Crippen LogP contribution is -2.21. The molecule has 3 rings (SSSR count). The van der Waals surface area contributed by atoms with Crippen molar-refractivity contribution in [2.45, 2.75) is 51.5 Å². The summed E-state index contributed by atoms with van der Waals surface area (Å²) in [5.41, 5.74) is 5.88. The number of aryl methyl sites for hydroxylation is 1. The van der Waals surface area contributed by atoms with Crippen molar-refractivity contribution in [2.24, 2.45) is 0 Å². The summed E-state index contributed by atoms with van der Waals surface area (Å²) in [6.45, 7) is 6.84. The van der Waals surface area contributed by atoms with Crippen LogP contribution < -0.4 is 5.32 Å². The third kappa shape index (κ3) is 2.08. The molecular weight excluding hydrogens is 232 g/mol. The Bertz CT molecular complexity index is 601. The van der Waals surface area contributed by atoms with Crippen molar-refractivity contribution >= 4 is 10.9 Å². The van der Waals surface area contributed by atoms with Crippen molar-refractivity contribution in [1.29, 1.82) is 0 Å². The Morgan fingerprint density at radius 3 is 2.74 bits per heavy atom. The van der Waals surface area contributed by atoms with Gasteiger partial charge in [-0.3, -0.25) is 0 Å². The smallest absolute Gasteiger partial charge is 0.0473 e. The third-order valence-electron chi connectivity index (χ3n) is 4.42. The number of H-pyrrole nitrogens is 1. The fourth-order valence-electron chi connectivity index (χ4n) is 3.22. The van der Waals surface area contributed by atoms with Crippen molar-refractivity contribution in [3.63, 3.8) is 0 Å². The van der Waals surface area contributed by atoms with Gasteiger partial charge in [0, 0.05) is 22.6 Å². The highest BCUT2D eigenvalue weighted by atomic mass is 14.9. The second-order valence-electron chi connectivity index (χ2n) is 6.76. The Morgan fingerprint density at radius 2 is 2.05 bits per heavy atom. The van der Waals surface area contributed by atoms with E-state index in [2.05, 4.69) is 56.3 Å². The van der Waals surface area contributed by atoms with Crippen LogP contribution in [0.5, 0.6) is 0 Å². The molecule has 0 amide bonds. The van der Waals surface area contributed by atoms with Gasteiger partial charge in [0.05, 0.1) is 0 Å². The molecule has 19 heavy (non-hydrogen) atoms. The Balaban J connectivity index is 2.18. The molecule has 1 aliphatic rings. The minimum absolute atomic E-state index is 0.218. The van der Waals surface area contributed by atoms with Gasteiger partial charge in [-0.2, -0.15) is 0 Å². The molecule has 0 spiro atoms. The van der Waals surface area contributed by atoms with Crippen LogP contribution in [-0.4, -0.2) is 12.0 Å². The molecule has 0 aliphatic heterocycles. The van der Waals surface area contributed by atoms with E-state index in [9.17, 15) is 0 Å². The van der Waals surface area contributed by atoms with Crippen LogP contribution in [0.2, 0.25) is 0 Å². The molecule has 1 heterocycles. The highest BCUT2D eigenvalue weighted by Gasteiger charge is 2.24. The van der Waals surface area contributed by atoms with Crippen molar-refractivity contribution in [2.75, 3.05) is 7.05 Å². The van der Waals surface area contributed by atoms with Crippen LogP contribution in [0.1, 0.15) is 56.5 Å². The van der Waals surface area contributed by atoms with Gasteiger partial charge in [-0.05, 0) is 55.0 Å². The minimum atomic E-state index is 0.218. The maximum Gasteiger partial charge on any atom is 0.0473 e. The summed E-state index contributed by atoms with van der Waals surface area (Å²) in [7, 11) is 2.06. The molecule has 0 saturated heterocycles. The summed E-state index contributed by atoms with van der Waals surface area (Å²) in [6.07, 6.45) is 3.73. The SMILES string of the molecule is CNC1CCCc2c1[nH]c1ccc(C(C)(C)C)cc21. The summed E-state index contributed by atoms with van der Waals surface area (Å²) in [6, 6.07) is 7.40. The fourth-order valence-corrected chi connectivity index (χ4v) is 3.22. The zero-order valence-electron chi connectivity index (χ0n) is 12.4. The molecule has 1 atom stereocenters. The number of hydrogen-bond acceptors (Lipinski definition) is 1. The second-order valence-corrected chi connectivity index (χ2v) is 6.76. The van der Waals surface area contributed by atoms with Crippen LogP contribution in [0, 0.1) is 0 Å². The lowest BCUT2D eigenvalue weighted by Gasteiger charge is -2.22. The van der Waals surface area contributed by atoms with Gasteiger partial charge in [0.1, 0.15) is 0 Å². The van der Waals surface area contributed by atoms with E-state index in [1.807, 2.05) is 0 Å². The highest BCUT2D eigenvalue weighted by molar-refractivity contribution is 5.86. The molecule has 0 fully saturated rings. The zero-order chi connectivity index (χ0) is 13.6. The van der Waals surface area contributed by atoms with E-state index < -0.39 is 0 Å². The predicted molar refractivity (Wildman–Crippen MR) is 81.7 cm³/mol. The summed E-state index contributed by atoms with van der Waals surface area (Å²) < 4.78 is 0. The Labute approximate surface area is 115 Å². The van der Waals surface area contributed by atoms with Crippen molar-refractivity contribution in [1.82, 2.24) is 10.3 Å². The second kappa shape index (κ2) is 4.38. The van der Waals surface area contributed by atoms with E-state index in [4.69, 9.17) is 0 Å². The van der Waals surface area contributed by atoms with E-state index in [0.29, 0.717) is 6.04 Å². The Kier molecular flexibility index (Phi) is 2.94. The highest BCUT2D eigenvalue weighted by Crippen LogP contribution is 2.36. The van der Waals surface area contributed by atoms with Crippen LogP contribution in [-0.2, 0) is 11.8 Å². The number of rotatable bonds is 1. The van der Waals surface area contributed by atoms with Crippen molar-refractivity contribution in [3.05, 3.63) is 35.0 Å². The number of aromatic amines is 1. The average Bonchev–Trinajstić information content (AvgIpc) is 2.75. The number of aromatic nitrogens is 1. The monoisotopic (exact) mass is 256 g/mol. The molecule has 2 aromatic rings. The van der Waals surface area contributed by atoms with Crippen molar-refractivity contribution in [3.8, 4) is 0 Å². The van der Waals surface area contributed by atoms with Gasteiger partial charge in [0.2, 0.25) is 0 Å². The van der Waals surface area contributed by atoms with Crippen LogP contribution in [0.15, 0.2) is 18.2 Å². The van der Waals surface area contributed by atoms with E-state index in [-0.39, 0.29) is 5.41 Å². The lowest BCUT2D eigenvalue weighted by atomic mass is 9.85. The van der Waals surface area contributed by atoms with E-state index >= 15 is 0 Å². The Morgan fingerprint density at radius 1 is 1.26 bits per heavy atom. The standard InChI is InChI=1S/C17H24N2/c1-17(2,3)11-8-9-14-13(10-11)12-6-5-7-15(18-4)16(12)19-14/h8-10,15,18-19H,5-7H2,1-4H3. The zero-order valence-corrected chi connectivity index (χ0v) is 12.4. The number of nitrogens with one attached hydrogen (secondary N) is 2. The van der Waals surface area contributed by atoms with Crippen molar-refractivity contribution < 1.29 is 0 Å². The first-order valence-electron chi connectivity index (χ1n) is 7.33. The van der Waals surface area contributed by atoms with Gasteiger partial charge in [0.15, 0.2) is 0 Å². The van der Waals surface area contributed by atoms with Crippen LogP contribution in [0.25, 0.3) is 10.9 Å². The summed E-state index contributed by atoms with van der Waals surface area (Å²) in [5, 5.41) is 4.87. The molecule has 1 aromatic carbocycles. The summed E-state index contributed by atoms with van der Waals surface area (Å²) >= 11 is 0. The van der Waals surface area contributed by atoms with E-state index in [1.54, 1.807) is 0 Å². The third-order valence-corrected chi connectivity index (χ3v) is 4.42. The van der Waals surface area contributed by atoms with Crippen LogP contribution in [0.3, 0.4) is 0 Å². The molecule has 0 bridgehead atoms. The van der Waals surface area contributed by atoms with Gasteiger partial charge in [0.25, 0.3) is 0 Å². The largest absolute Gasteiger partial charge is 0.357 e. The van der Waals surface area contributed by atoms with Gasteiger partial charge in [-0.1, -0.05) is 26.8 Å². The minimum Gasteiger partial charge on any atom is -0.357 e. The van der Waals surface area contributed by atoms with E-state index in [1.165, 1.54) is 47.0 Å². The first-order chi connectivity index (χ1) is 9.00. The molecule has 1 unspecified atom stereocenters. The Hall–Kier alpha value is -1.28. The summed E-state index contributed by atoms with van der Waals surface area (Å²) in [5.74, 6) is 0. The molecular formula is C17H24N2. The fraction of sp³-hybridized carbons (Fsp3) is 0.529. The van der Waals surface area contributed by atoms with Crippen LogP contribution >= 0.6 is 0 Å². The molecule has 1 aromatic heterocycles. The first kappa shape index (κ1) is 12.7. The quantitative estimate of drug-likeness (QED) is 0.791. The molecule has 2 N–H and O–H groups in total. The molecule has 0 radical (unpaired) electrons. The van der Waals surface area contributed by atoms with E-state index in [0.717, 1.165) is 0 Å². The predicted octanol–water partition coefficient (Wildman–Crippen LogP) is 4.06. The average molecular weight is 256 g/mol. The maximum atomic E-state index is 3.63.